The lowest BCUT2D eigenvalue weighted by atomic mass is 10.1. The number of nitrogens with zero attached hydrogens (tertiary/aromatic N) is 4. The number of morpholine rings is 1. The number of carbonyl (C=O) groups excluding carboxylic acids is 3. The van der Waals surface area contributed by atoms with E-state index in [0.717, 1.165) is 23.8 Å². The lowest BCUT2D eigenvalue weighted by molar-refractivity contribution is -0.124. The molecule has 0 radical (unpaired) electrons. The van der Waals surface area contributed by atoms with Crippen molar-refractivity contribution in [2.75, 3.05) is 31.2 Å². The molecule has 3 heterocycles. The van der Waals surface area contributed by atoms with E-state index in [0.29, 0.717) is 30.2 Å². The van der Waals surface area contributed by atoms with Gasteiger partial charge in [-0.3, -0.25) is 19.3 Å². The SMILES string of the molecule is CC(C(=O)NCc1nccc(N2CCOCC2)n1)N1C(=O)c2ccccc2C1=O. The number of rotatable bonds is 5. The first-order chi connectivity index (χ1) is 14.1. The highest BCUT2D eigenvalue weighted by molar-refractivity contribution is 6.22. The van der Waals surface area contributed by atoms with Crippen molar-refractivity contribution in [2.45, 2.75) is 19.5 Å². The van der Waals surface area contributed by atoms with E-state index >= 15 is 0 Å². The Morgan fingerprint density at radius 3 is 2.45 bits per heavy atom. The van der Waals surface area contributed by atoms with Crippen molar-refractivity contribution in [3.63, 3.8) is 0 Å². The van der Waals surface area contributed by atoms with E-state index in [1.54, 1.807) is 30.5 Å². The Balaban J connectivity index is 1.40. The van der Waals surface area contributed by atoms with Gasteiger partial charge in [-0.15, -0.1) is 0 Å². The van der Waals surface area contributed by atoms with Crippen LogP contribution in [0.3, 0.4) is 0 Å². The molecule has 2 aliphatic heterocycles. The number of anilines is 1. The molecule has 1 unspecified atom stereocenters. The molecule has 0 saturated carbocycles. The number of hydrogen-bond acceptors (Lipinski definition) is 7. The van der Waals surface area contributed by atoms with Crippen LogP contribution in [0, 0.1) is 0 Å². The molecule has 0 bridgehead atoms. The summed E-state index contributed by atoms with van der Waals surface area (Å²) < 4.78 is 5.34. The molecule has 1 fully saturated rings. The molecule has 9 nitrogen and oxygen atoms in total. The van der Waals surface area contributed by atoms with E-state index in [2.05, 4.69) is 20.2 Å². The molecule has 2 aromatic rings. The minimum atomic E-state index is -0.940. The molecule has 1 aromatic carbocycles. The van der Waals surface area contributed by atoms with Crippen molar-refractivity contribution in [1.82, 2.24) is 20.2 Å². The highest BCUT2D eigenvalue weighted by Crippen LogP contribution is 2.24. The molecule has 0 aliphatic carbocycles. The maximum atomic E-state index is 12.6. The Kier molecular flexibility index (Phi) is 5.22. The third-order valence-corrected chi connectivity index (χ3v) is 5.04. The molecule has 9 heteroatoms. The van der Waals surface area contributed by atoms with Crippen molar-refractivity contribution in [3.8, 4) is 0 Å². The summed E-state index contributed by atoms with van der Waals surface area (Å²) in [6.45, 7) is 4.42. The van der Waals surface area contributed by atoms with E-state index in [1.807, 2.05) is 6.07 Å². The number of imide groups is 1. The molecule has 1 atom stereocenters. The lowest BCUT2D eigenvalue weighted by Crippen LogP contribution is -2.47. The maximum Gasteiger partial charge on any atom is 0.262 e. The fraction of sp³-hybridized carbons (Fsp3) is 0.350. The summed E-state index contributed by atoms with van der Waals surface area (Å²) in [6.07, 6.45) is 1.65. The number of fused-ring (bicyclic) bond motifs is 1. The Hall–Kier alpha value is -3.33. The van der Waals surface area contributed by atoms with Gasteiger partial charge in [0.2, 0.25) is 5.91 Å². The van der Waals surface area contributed by atoms with Gasteiger partial charge in [-0.25, -0.2) is 9.97 Å². The third kappa shape index (κ3) is 3.68. The highest BCUT2D eigenvalue weighted by Gasteiger charge is 2.40. The molecule has 0 spiro atoms. The van der Waals surface area contributed by atoms with E-state index in [4.69, 9.17) is 4.74 Å². The van der Waals surface area contributed by atoms with Crippen molar-refractivity contribution in [1.29, 1.82) is 0 Å². The number of amides is 3. The Morgan fingerprint density at radius 2 is 1.79 bits per heavy atom. The van der Waals surface area contributed by atoms with Crippen molar-refractivity contribution < 1.29 is 19.1 Å². The first kappa shape index (κ1) is 19.0. The summed E-state index contributed by atoms with van der Waals surface area (Å²) in [5.74, 6) is -0.129. The average molecular weight is 395 g/mol. The Labute approximate surface area is 167 Å². The zero-order valence-corrected chi connectivity index (χ0v) is 16.0. The minimum absolute atomic E-state index is 0.102. The topological polar surface area (TPSA) is 105 Å². The normalized spacial score (nSPS) is 17.3. The van der Waals surface area contributed by atoms with Gasteiger partial charge in [-0.05, 0) is 25.1 Å². The van der Waals surface area contributed by atoms with Gasteiger partial charge in [0.25, 0.3) is 11.8 Å². The van der Waals surface area contributed by atoms with Gasteiger partial charge in [0.15, 0.2) is 0 Å². The molecule has 4 rings (SSSR count). The van der Waals surface area contributed by atoms with Crippen LogP contribution in [-0.2, 0) is 16.1 Å². The standard InChI is InChI=1S/C20H21N5O4/c1-13(25-19(27)14-4-2-3-5-15(14)20(25)28)18(26)22-12-16-21-7-6-17(23-16)24-8-10-29-11-9-24/h2-7,13H,8-12H2,1H3,(H,22,26). The van der Waals surface area contributed by atoms with E-state index < -0.39 is 23.8 Å². The van der Waals surface area contributed by atoms with E-state index in [9.17, 15) is 14.4 Å². The molecule has 3 amide bonds. The summed E-state index contributed by atoms with van der Waals surface area (Å²) in [5, 5.41) is 2.72. The first-order valence-corrected chi connectivity index (χ1v) is 9.45. The molecular weight excluding hydrogens is 374 g/mol. The van der Waals surface area contributed by atoms with Gasteiger partial charge in [-0.2, -0.15) is 0 Å². The zero-order valence-electron chi connectivity index (χ0n) is 16.0. The van der Waals surface area contributed by atoms with E-state index in [1.165, 1.54) is 6.92 Å². The van der Waals surface area contributed by atoms with Crippen LogP contribution in [0.25, 0.3) is 0 Å². The van der Waals surface area contributed by atoms with Crippen molar-refractivity contribution >= 4 is 23.5 Å². The fourth-order valence-corrected chi connectivity index (χ4v) is 3.43. The summed E-state index contributed by atoms with van der Waals surface area (Å²) in [6, 6.07) is 7.44. The second-order valence-corrected chi connectivity index (χ2v) is 6.85. The van der Waals surface area contributed by atoms with Crippen LogP contribution < -0.4 is 10.2 Å². The molecule has 1 saturated heterocycles. The minimum Gasteiger partial charge on any atom is -0.378 e. The molecule has 1 N–H and O–H groups in total. The molecule has 29 heavy (non-hydrogen) atoms. The number of carbonyl (C=O) groups is 3. The molecule has 1 aromatic heterocycles. The van der Waals surface area contributed by atoms with Gasteiger partial charge in [0.1, 0.15) is 17.7 Å². The maximum absolute atomic E-state index is 12.6. The van der Waals surface area contributed by atoms with Gasteiger partial charge < -0.3 is 15.0 Å². The van der Waals surface area contributed by atoms with E-state index in [-0.39, 0.29) is 6.54 Å². The van der Waals surface area contributed by atoms with Crippen LogP contribution >= 0.6 is 0 Å². The summed E-state index contributed by atoms with van der Waals surface area (Å²) >= 11 is 0. The Morgan fingerprint density at radius 1 is 1.14 bits per heavy atom. The Bertz CT molecular complexity index is 922. The predicted molar refractivity (Wildman–Crippen MR) is 103 cm³/mol. The van der Waals surface area contributed by atoms with Gasteiger partial charge in [0, 0.05) is 19.3 Å². The largest absolute Gasteiger partial charge is 0.378 e. The van der Waals surface area contributed by atoms with Gasteiger partial charge in [-0.1, -0.05) is 12.1 Å². The van der Waals surface area contributed by atoms with Crippen molar-refractivity contribution in [3.05, 3.63) is 53.5 Å². The second kappa shape index (κ2) is 7.96. The number of hydrogen-bond donors (Lipinski definition) is 1. The monoisotopic (exact) mass is 395 g/mol. The number of aromatic nitrogens is 2. The van der Waals surface area contributed by atoms with Crippen LogP contribution in [0.1, 0.15) is 33.5 Å². The number of ether oxygens (including phenoxy) is 1. The zero-order chi connectivity index (χ0) is 20.4. The van der Waals surface area contributed by atoms with Crippen LogP contribution in [0.5, 0.6) is 0 Å². The van der Waals surface area contributed by atoms with Crippen LogP contribution in [0.4, 0.5) is 5.82 Å². The summed E-state index contributed by atoms with van der Waals surface area (Å²) in [4.78, 5) is 49.4. The van der Waals surface area contributed by atoms with Gasteiger partial charge in [0.05, 0.1) is 30.9 Å². The van der Waals surface area contributed by atoms with Crippen LogP contribution in [0.2, 0.25) is 0 Å². The average Bonchev–Trinajstić information content (AvgIpc) is 3.03. The van der Waals surface area contributed by atoms with Crippen LogP contribution in [-0.4, -0.2) is 64.9 Å². The second-order valence-electron chi connectivity index (χ2n) is 6.85. The lowest BCUT2D eigenvalue weighted by Gasteiger charge is -2.27. The molecule has 150 valence electrons. The number of benzene rings is 1. The highest BCUT2D eigenvalue weighted by atomic mass is 16.5. The predicted octanol–water partition coefficient (Wildman–Crippen LogP) is 0.614. The van der Waals surface area contributed by atoms with Gasteiger partial charge >= 0.3 is 0 Å². The third-order valence-electron chi connectivity index (χ3n) is 5.04. The first-order valence-electron chi connectivity index (χ1n) is 9.45. The summed E-state index contributed by atoms with van der Waals surface area (Å²) in [5.41, 5.74) is 0.636. The van der Waals surface area contributed by atoms with Crippen molar-refractivity contribution in [2.24, 2.45) is 0 Å². The molecule has 2 aliphatic rings. The fourth-order valence-electron chi connectivity index (χ4n) is 3.43. The smallest absolute Gasteiger partial charge is 0.262 e. The van der Waals surface area contributed by atoms with Crippen LogP contribution in [0.15, 0.2) is 36.5 Å². The summed E-state index contributed by atoms with van der Waals surface area (Å²) in [7, 11) is 0. The quantitative estimate of drug-likeness (QED) is 0.740. The number of nitrogens with one attached hydrogen (secondary N) is 1. The molecular formula is C20H21N5O4.